The minimum atomic E-state index is 0.580. The lowest BCUT2D eigenvalue weighted by Gasteiger charge is -2.07. The molecule has 0 saturated heterocycles. The van der Waals surface area contributed by atoms with Crippen molar-refractivity contribution in [1.29, 1.82) is 0 Å². The Morgan fingerprint density at radius 3 is 2.40 bits per heavy atom. The Morgan fingerprint density at radius 1 is 1.07 bits per heavy atom. The van der Waals surface area contributed by atoms with Crippen molar-refractivity contribution in [2.24, 2.45) is 0 Å². The van der Waals surface area contributed by atoms with Crippen molar-refractivity contribution in [2.45, 2.75) is 12.7 Å². The molecule has 0 aliphatic carbocycles. The number of hydrogen-bond donors (Lipinski definition) is 0. The number of fused-ring (bicyclic) bond motifs is 1. The second-order valence-electron chi connectivity index (χ2n) is 4.13. The SMILES string of the molecule is BC(C)c1ccc2cc(OC)ccc2c1. The third kappa shape index (κ3) is 1.99. The van der Waals surface area contributed by atoms with Gasteiger partial charge in [0.25, 0.3) is 0 Å². The first-order chi connectivity index (χ1) is 7.20. The first kappa shape index (κ1) is 10.1. The van der Waals surface area contributed by atoms with Crippen LogP contribution in [0.3, 0.4) is 0 Å². The Kier molecular flexibility index (Phi) is 2.67. The Balaban J connectivity index is 2.55. The van der Waals surface area contributed by atoms with Crippen LogP contribution in [0.4, 0.5) is 0 Å². The average Bonchev–Trinajstić information content (AvgIpc) is 2.27. The largest absolute Gasteiger partial charge is 0.497 e. The zero-order valence-electron chi connectivity index (χ0n) is 9.45. The lowest BCUT2D eigenvalue weighted by Crippen LogP contribution is -1.91. The van der Waals surface area contributed by atoms with Gasteiger partial charge in [-0.25, -0.2) is 0 Å². The van der Waals surface area contributed by atoms with Crippen LogP contribution in [0.15, 0.2) is 36.4 Å². The van der Waals surface area contributed by atoms with Gasteiger partial charge in [0, 0.05) is 0 Å². The molecular formula is C13H15BO. The van der Waals surface area contributed by atoms with E-state index < -0.39 is 0 Å². The number of rotatable bonds is 2. The molecule has 0 aliphatic heterocycles. The van der Waals surface area contributed by atoms with Crippen LogP contribution in [0.1, 0.15) is 18.3 Å². The molecule has 1 unspecified atom stereocenters. The van der Waals surface area contributed by atoms with Gasteiger partial charge in [-0.3, -0.25) is 0 Å². The molecular weight excluding hydrogens is 183 g/mol. The molecule has 0 radical (unpaired) electrons. The highest BCUT2D eigenvalue weighted by atomic mass is 16.5. The van der Waals surface area contributed by atoms with Crippen LogP contribution >= 0.6 is 0 Å². The maximum absolute atomic E-state index is 5.20. The summed E-state index contributed by atoms with van der Waals surface area (Å²) in [4.78, 5) is 0. The van der Waals surface area contributed by atoms with E-state index in [0.29, 0.717) is 5.82 Å². The zero-order chi connectivity index (χ0) is 10.8. The third-order valence-corrected chi connectivity index (χ3v) is 2.74. The van der Waals surface area contributed by atoms with Gasteiger partial charge < -0.3 is 4.74 Å². The molecule has 0 spiro atoms. The third-order valence-electron chi connectivity index (χ3n) is 2.74. The summed E-state index contributed by atoms with van der Waals surface area (Å²) in [5.74, 6) is 1.50. The van der Waals surface area contributed by atoms with Crippen molar-refractivity contribution < 1.29 is 4.74 Å². The fourth-order valence-corrected chi connectivity index (χ4v) is 1.73. The molecule has 76 valence electrons. The van der Waals surface area contributed by atoms with E-state index in [1.807, 2.05) is 6.07 Å². The summed E-state index contributed by atoms with van der Waals surface area (Å²) < 4.78 is 5.20. The molecule has 0 fully saturated rings. The van der Waals surface area contributed by atoms with Gasteiger partial charge in [0.1, 0.15) is 13.6 Å². The van der Waals surface area contributed by atoms with E-state index in [1.54, 1.807) is 7.11 Å². The highest BCUT2D eigenvalue weighted by Gasteiger charge is 2.01. The monoisotopic (exact) mass is 198 g/mol. The number of ether oxygens (including phenoxy) is 1. The summed E-state index contributed by atoms with van der Waals surface area (Å²) in [6, 6.07) is 12.8. The first-order valence-corrected chi connectivity index (χ1v) is 5.28. The molecule has 2 aromatic rings. The fourth-order valence-electron chi connectivity index (χ4n) is 1.73. The highest BCUT2D eigenvalue weighted by molar-refractivity contribution is 6.12. The van der Waals surface area contributed by atoms with E-state index >= 15 is 0 Å². The Bertz CT molecular complexity index is 477. The first-order valence-electron chi connectivity index (χ1n) is 5.28. The number of benzene rings is 2. The van der Waals surface area contributed by atoms with Crippen LogP contribution in [0, 0.1) is 0 Å². The molecule has 0 amide bonds. The lowest BCUT2D eigenvalue weighted by molar-refractivity contribution is 0.415. The van der Waals surface area contributed by atoms with Gasteiger partial charge in [-0.15, -0.1) is 0 Å². The summed E-state index contributed by atoms with van der Waals surface area (Å²) >= 11 is 0. The minimum Gasteiger partial charge on any atom is -0.497 e. The topological polar surface area (TPSA) is 9.23 Å². The standard InChI is InChI=1S/C13H15BO/c1-9(14)10-3-4-12-8-13(15-2)6-5-11(12)7-10/h3-9H,14H2,1-2H3. The molecule has 0 bridgehead atoms. The quantitative estimate of drug-likeness (QED) is 0.673. The smallest absolute Gasteiger partial charge is 0.119 e. The number of hydrogen-bond acceptors (Lipinski definition) is 1. The summed E-state index contributed by atoms with van der Waals surface area (Å²) in [7, 11) is 3.91. The minimum absolute atomic E-state index is 0.580. The predicted molar refractivity (Wildman–Crippen MR) is 67.5 cm³/mol. The van der Waals surface area contributed by atoms with Crippen molar-refractivity contribution in [2.75, 3.05) is 7.11 Å². The van der Waals surface area contributed by atoms with E-state index in [2.05, 4.69) is 45.1 Å². The Hall–Kier alpha value is -1.44. The van der Waals surface area contributed by atoms with E-state index in [9.17, 15) is 0 Å². The molecule has 2 heteroatoms. The van der Waals surface area contributed by atoms with Gasteiger partial charge in [0.05, 0.1) is 7.11 Å². The Labute approximate surface area is 91.5 Å². The summed E-state index contributed by atoms with van der Waals surface area (Å²) in [6.07, 6.45) is 0. The van der Waals surface area contributed by atoms with E-state index in [1.165, 1.54) is 16.3 Å². The molecule has 1 atom stereocenters. The summed E-state index contributed by atoms with van der Waals surface area (Å²) in [5, 5.41) is 2.51. The maximum Gasteiger partial charge on any atom is 0.119 e. The van der Waals surface area contributed by atoms with Crippen molar-refractivity contribution in [3.05, 3.63) is 42.0 Å². The normalized spacial score (nSPS) is 12.7. The van der Waals surface area contributed by atoms with Gasteiger partial charge in [0.15, 0.2) is 0 Å². The summed E-state index contributed by atoms with van der Waals surface area (Å²) in [6.45, 7) is 2.21. The lowest BCUT2D eigenvalue weighted by atomic mass is 9.82. The van der Waals surface area contributed by atoms with Gasteiger partial charge >= 0.3 is 0 Å². The van der Waals surface area contributed by atoms with Crippen LogP contribution in [0.25, 0.3) is 10.8 Å². The van der Waals surface area contributed by atoms with E-state index in [-0.39, 0.29) is 0 Å². The van der Waals surface area contributed by atoms with Crippen molar-refractivity contribution in [1.82, 2.24) is 0 Å². The van der Waals surface area contributed by atoms with Crippen LogP contribution in [-0.2, 0) is 0 Å². The van der Waals surface area contributed by atoms with Crippen molar-refractivity contribution in [3.63, 3.8) is 0 Å². The maximum atomic E-state index is 5.20. The fraction of sp³-hybridized carbons (Fsp3) is 0.231. The molecule has 0 aliphatic rings. The molecule has 1 nitrogen and oxygen atoms in total. The molecule has 2 rings (SSSR count). The second kappa shape index (κ2) is 3.97. The number of methoxy groups -OCH3 is 1. The van der Waals surface area contributed by atoms with E-state index in [0.717, 1.165) is 5.75 Å². The highest BCUT2D eigenvalue weighted by Crippen LogP contribution is 2.23. The van der Waals surface area contributed by atoms with Gasteiger partial charge in [-0.05, 0) is 28.7 Å². The van der Waals surface area contributed by atoms with Crippen LogP contribution in [0.2, 0.25) is 0 Å². The van der Waals surface area contributed by atoms with Gasteiger partial charge in [-0.1, -0.05) is 36.8 Å². The zero-order valence-corrected chi connectivity index (χ0v) is 9.45. The molecule has 0 saturated carbocycles. The van der Waals surface area contributed by atoms with E-state index in [4.69, 9.17) is 4.74 Å². The molecule has 0 N–H and O–H groups in total. The average molecular weight is 198 g/mol. The molecule has 2 aromatic carbocycles. The predicted octanol–water partition coefficient (Wildman–Crippen LogP) is 2.54. The van der Waals surface area contributed by atoms with Crippen LogP contribution < -0.4 is 4.74 Å². The van der Waals surface area contributed by atoms with Gasteiger partial charge in [-0.2, -0.15) is 0 Å². The van der Waals surface area contributed by atoms with Crippen molar-refractivity contribution in [3.8, 4) is 5.75 Å². The van der Waals surface area contributed by atoms with Gasteiger partial charge in [0.2, 0.25) is 0 Å². The molecule has 15 heavy (non-hydrogen) atoms. The molecule has 0 aromatic heterocycles. The van der Waals surface area contributed by atoms with Crippen LogP contribution in [0.5, 0.6) is 5.75 Å². The Morgan fingerprint density at radius 2 is 1.73 bits per heavy atom. The molecule has 0 heterocycles. The second-order valence-corrected chi connectivity index (χ2v) is 4.13. The van der Waals surface area contributed by atoms with Crippen LogP contribution in [-0.4, -0.2) is 15.0 Å². The summed E-state index contributed by atoms with van der Waals surface area (Å²) in [5.41, 5.74) is 1.38. The van der Waals surface area contributed by atoms with Crippen molar-refractivity contribution >= 4 is 18.6 Å².